The van der Waals surface area contributed by atoms with E-state index in [1.807, 2.05) is 33.2 Å². The molecule has 1 saturated heterocycles. The van der Waals surface area contributed by atoms with E-state index in [0.29, 0.717) is 48.9 Å². The minimum Gasteiger partial charge on any atom is -0.507 e. The highest BCUT2D eigenvalue weighted by atomic mass is 16.6. The van der Waals surface area contributed by atoms with Crippen molar-refractivity contribution < 1.29 is 33.9 Å². The third-order valence-corrected chi connectivity index (χ3v) is 7.42. The Labute approximate surface area is 222 Å². The molecule has 38 heavy (non-hydrogen) atoms. The SMILES string of the molecule is CCCCN1C(=O)[C@@]2(/C(=C(\O)c3ccc4c(c3)OCCO4)C(=O)C(=O)N2CCC[NH+](C)C)c2ccccc21. The summed E-state index contributed by atoms with van der Waals surface area (Å²) in [4.78, 5) is 46.0. The molecule has 1 fully saturated rings. The summed E-state index contributed by atoms with van der Waals surface area (Å²) in [7, 11) is 4.02. The highest BCUT2D eigenvalue weighted by molar-refractivity contribution is 6.50. The van der Waals surface area contributed by atoms with E-state index >= 15 is 0 Å². The molecular formula is C29H34N3O6+. The van der Waals surface area contributed by atoms with Crippen LogP contribution in [0.4, 0.5) is 5.69 Å². The first-order valence-electron chi connectivity index (χ1n) is 13.2. The van der Waals surface area contributed by atoms with Crippen LogP contribution in [0.2, 0.25) is 0 Å². The number of unbranched alkanes of at least 4 members (excludes halogenated alkanes) is 1. The van der Waals surface area contributed by atoms with Crippen LogP contribution >= 0.6 is 0 Å². The summed E-state index contributed by atoms with van der Waals surface area (Å²) in [6, 6.07) is 12.1. The third kappa shape index (κ3) is 3.93. The van der Waals surface area contributed by atoms with Gasteiger partial charge in [0.05, 0.1) is 31.9 Å². The van der Waals surface area contributed by atoms with E-state index in [-0.39, 0.29) is 23.6 Å². The fourth-order valence-corrected chi connectivity index (χ4v) is 5.63. The van der Waals surface area contributed by atoms with Crippen LogP contribution in [0.1, 0.15) is 37.3 Å². The number of quaternary nitrogens is 1. The zero-order valence-electron chi connectivity index (χ0n) is 22.1. The fraction of sp³-hybridized carbons (Fsp3) is 0.414. The molecule has 9 heteroatoms. The van der Waals surface area contributed by atoms with Crippen molar-refractivity contribution in [3.05, 3.63) is 59.2 Å². The number of amides is 2. The van der Waals surface area contributed by atoms with Gasteiger partial charge < -0.3 is 29.3 Å². The van der Waals surface area contributed by atoms with Gasteiger partial charge in [-0.2, -0.15) is 0 Å². The third-order valence-electron chi connectivity index (χ3n) is 7.42. The number of ether oxygens (including phenoxy) is 2. The number of aliphatic hydroxyl groups is 1. The van der Waals surface area contributed by atoms with E-state index in [9.17, 15) is 19.5 Å². The van der Waals surface area contributed by atoms with Crippen LogP contribution in [0.3, 0.4) is 0 Å². The molecule has 9 nitrogen and oxygen atoms in total. The molecule has 2 N–H and O–H groups in total. The standard InChI is InChI=1S/C29H33N3O6/c1-4-5-14-31-21-10-7-6-9-20(21)29(28(31)36)24(26(34)27(35)32(29)15-8-13-30(2)3)25(33)19-11-12-22-23(18-19)38-17-16-37-22/h6-7,9-12,18,33H,4-5,8,13-17H2,1-3H3/p+1/b25-24-/t29-/m0/s1. The highest BCUT2D eigenvalue weighted by Crippen LogP contribution is 2.54. The number of benzene rings is 2. The number of para-hydroxylation sites is 1. The topological polar surface area (TPSA) is 101 Å². The van der Waals surface area contributed by atoms with Crippen molar-refractivity contribution in [2.45, 2.75) is 31.7 Å². The summed E-state index contributed by atoms with van der Waals surface area (Å²) in [5.41, 5.74) is -0.465. The lowest BCUT2D eigenvalue weighted by Crippen LogP contribution is -3.05. The number of carbonyl (C=O) groups excluding carboxylic acids is 3. The molecule has 1 spiro atoms. The lowest BCUT2D eigenvalue weighted by Gasteiger charge is -2.34. The smallest absolute Gasteiger partial charge is 0.296 e. The Balaban J connectivity index is 1.72. The first-order chi connectivity index (χ1) is 18.3. The van der Waals surface area contributed by atoms with E-state index in [2.05, 4.69) is 0 Å². The Hall–Kier alpha value is -3.85. The molecule has 0 saturated carbocycles. The maximum absolute atomic E-state index is 14.5. The van der Waals surface area contributed by atoms with Gasteiger partial charge in [0.1, 0.15) is 19.0 Å². The predicted molar refractivity (Wildman–Crippen MR) is 141 cm³/mol. The molecule has 3 heterocycles. The average Bonchev–Trinajstić information content (AvgIpc) is 3.29. The molecular weight excluding hydrogens is 486 g/mol. The van der Waals surface area contributed by atoms with Crippen molar-refractivity contribution in [1.29, 1.82) is 0 Å². The Morgan fingerprint density at radius 3 is 2.47 bits per heavy atom. The second-order valence-electron chi connectivity index (χ2n) is 10.2. The number of nitrogens with zero attached hydrogens (tertiary/aromatic N) is 2. The maximum Gasteiger partial charge on any atom is 0.296 e. The Morgan fingerprint density at radius 1 is 1.00 bits per heavy atom. The Morgan fingerprint density at radius 2 is 1.74 bits per heavy atom. The normalized spacial score (nSPS) is 21.6. The summed E-state index contributed by atoms with van der Waals surface area (Å²) < 4.78 is 11.3. The van der Waals surface area contributed by atoms with E-state index in [4.69, 9.17) is 9.47 Å². The fourth-order valence-electron chi connectivity index (χ4n) is 5.63. The summed E-state index contributed by atoms with van der Waals surface area (Å²) >= 11 is 0. The number of hydrogen-bond donors (Lipinski definition) is 2. The van der Waals surface area contributed by atoms with Crippen LogP contribution in [0.5, 0.6) is 11.5 Å². The number of likely N-dealkylation sites (tertiary alicyclic amines) is 1. The van der Waals surface area contributed by atoms with Gasteiger partial charge in [0.2, 0.25) is 0 Å². The van der Waals surface area contributed by atoms with Gasteiger partial charge in [-0.15, -0.1) is 0 Å². The average molecular weight is 521 g/mol. The van der Waals surface area contributed by atoms with E-state index in [1.54, 1.807) is 35.2 Å². The van der Waals surface area contributed by atoms with Crippen molar-refractivity contribution >= 4 is 29.0 Å². The molecule has 1 atom stereocenters. The molecule has 2 aromatic carbocycles. The molecule has 2 amide bonds. The van der Waals surface area contributed by atoms with Crippen LogP contribution in [-0.4, -0.2) is 74.5 Å². The summed E-state index contributed by atoms with van der Waals surface area (Å²) in [6.45, 7) is 4.21. The number of Topliss-reactive ketones (excluding diaryl/α,β-unsaturated/α-hetero) is 1. The Kier molecular flexibility index (Phi) is 6.88. The van der Waals surface area contributed by atoms with Crippen molar-refractivity contribution in [1.82, 2.24) is 4.90 Å². The molecule has 200 valence electrons. The van der Waals surface area contributed by atoms with Gasteiger partial charge in [-0.25, -0.2) is 0 Å². The lowest BCUT2D eigenvalue weighted by molar-refractivity contribution is -0.858. The molecule has 0 aliphatic carbocycles. The van der Waals surface area contributed by atoms with Gasteiger partial charge in [0.15, 0.2) is 17.0 Å². The van der Waals surface area contributed by atoms with Crippen molar-refractivity contribution in [3.63, 3.8) is 0 Å². The maximum atomic E-state index is 14.5. The van der Waals surface area contributed by atoms with Gasteiger partial charge in [0.25, 0.3) is 17.6 Å². The molecule has 2 aromatic rings. The van der Waals surface area contributed by atoms with Gasteiger partial charge in [-0.05, 0) is 30.7 Å². The Bertz CT molecular complexity index is 1320. The molecule has 0 radical (unpaired) electrons. The largest absolute Gasteiger partial charge is 0.507 e. The van der Waals surface area contributed by atoms with Crippen molar-refractivity contribution in [2.75, 3.05) is 51.8 Å². The predicted octanol–water partition coefficient (Wildman–Crippen LogP) is 1.72. The van der Waals surface area contributed by atoms with E-state index in [0.717, 1.165) is 19.4 Å². The molecule has 0 unspecified atom stereocenters. The van der Waals surface area contributed by atoms with E-state index in [1.165, 1.54) is 9.80 Å². The van der Waals surface area contributed by atoms with Crippen LogP contribution < -0.4 is 19.3 Å². The quantitative estimate of drug-likeness (QED) is 0.312. The zero-order valence-corrected chi connectivity index (χ0v) is 22.1. The monoisotopic (exact) mass is 520 g/mol. The highest BCUT2D eigenvalue weighted by Gasteiger charge is 2.66. The molecule has 3 aliphatic heterocycles. The lowest BCUT2D eigenvalue weighted by atomic mass is 9.81. The number of hydrogen-bond acceptors (Lipinski definition) is 6. The first kappa shape index (κ1) is 25.8. The summed E-state index contributed by atoms with van der Waals surface area (Å²) in [5, 5.41) is 11.7. The second-order valence-corrected chi connectivity index (χ2v) is 10.2. The summed E-state index contributed by atoms with van der Waals surface area (Å²) in [6.07, 6.45) is 2.22. The van der Waals surface area contributed by atoms with Gasteiger partial charge in [-0.3, -0.25) is 14.4 Å². The minimum atomic E-state index is -1.74. The van der Waals surface area contributed by atoms with Crippen molar-refractivity contribution in [2.24, 2.45) is 0 Å². The van der Waals surface area contributed by atoms with Gasteiger partial charge in [0, 0.05) is 30.6 Å². The van der Waals surface area contributed by atoms with Crippen molar-refractivity contribution in [3.8, 4) is 11.5 Å². The summed E-state index contributed by atoms with van der Waals surface area (Å²) in [5.74, 6) is -1.47. The van der Waals surface area contributed by atoms with Crippen LogP contribution in [0.15, 0.2) is 48.0 Å². The number of aliphatic hydroxyl groups excluding tert-OH is 1. The second kappa shape index (κ2) is 10.1. The van der Waals surface area contributed by atoms with Crippen LogP contribution in [-0.2, 0) is 19.9 Å². The number of carbonyl (C=O) groups is 3. The first-order valence-corrected chi connectivity index (χ1v) is 13.2. The van der Waals surface area contributed by atoms with Gasteiger partial charge >= 0.3 is 0 Å². The number of anilines is 1. The van der Waals surface area contributed by atoms with Crippen LogP contribution in [0, 0.1) is 0 Å². The molecule has 5 rings (SSSR count). The van der Waals surface area contributed by atoms with E-state index < -0.39 is 23.0 Å². The molecule has 3 aliphatic rings. The van der Waals surface area contributed by atoms with Gasteiger partial charge in [-0.1, -0.05) is 31.5 Å². The zero-order chi connectivity index (χ0) is 27.0. The number of fused-ring (bicyclic) bond motifs is 3. The minimum absolute atomic E-state index is 0.201. The number of ketones is 1. The number of nitrogens with one attached hydrogen (secondary N) is 1. The van der Waals surface area contributed by atoms with Crippen LogP contribution in [0.25, 0.3) is 5.76 Å². The molecule has 0 bridgehead atoms. The molecule has 0 aromatic heterocycles. The number of rotatable bonds is 8.